The number of benzene rings is 2. The van der Waals surface area contributed by atoms with E-state index in [1.165, 1.54) is 6.20 Å². The maximum Gasteiger partial charge on any atom is 0.262 e. The van der Waals surface area contributed by atoms with Gasteiger partial charge in [0.1, 0.15) is 4.90 Å². The van der Waals surface area contributed by atoms with Crippen molar-refractivity contribution in [2.75, 3.05) is 0 Å². The third-order valence-electron chi connectivity index (χ3n) is 2.66. The van der Waals surface area contributed by atoms with Gasteiger partial charge in [-0.2, -0.15) is 0 Å². The van der Waals surface area contributed by atoms with Gasteiger partial charge < -0.3 is 0 Å². The van der Waals surface area contributed by atoms with Gasteiger partial charge in [0.05, 0.1) is 0 Å². The average molecular weight is 231 g/mol. The van der Waals surface area contributed by atoms with Crippen LogP contribution in [0.4, 0.5) is 0 Å². The van der Waals surface area contributed by atoms with Crippen molar-refractivity contribution in [2.45, 2.75) is 4.90 Å². The lowest BCUT2D eigenvalue weighted by atomic mass is 10.1. The SMILES string of the molecule is O=S1(=O)NC=Cc2ccc3ccccc3c21. The van der Waals surface area contributed by atoms with Gasteiger partial charge in [-0.25, -0.2) is 8.42 Å². The summed E-state index contributed by atoms with van der Waals surface area (Å²) in [5, 5.41) is 1.69. The van der Waals surface area contributed by atoms with Crippen LogP contribution >= 0.6 is 0 Å². The van der Waals surface area contributed by atoms with Crippen LogP contribution in [0.25, 0.3) is 16.8 Å². The number of sulfonamides is 1. The molecular formula is C12H9NO2S. The van der Waals surface area contributed by atoms with E-state index in [1.54, 1.807) is 6.08 Å². The zero-order chi connectivity index (χ0) is 11.2. The van der Waals surface area contributed by atoms with E-state index < -0.39 is 10.0 Å². The van der Waals surface area contributed by atoms with E-state index in [0.717, 1.165) is 16.3 Å². The highest BCUT2D eigenvalue weighted by atomic mass is 32.2. The third kappa shape index (κ3) is 1.23. The second-order valence-corrected chi connectivity index (χ2v) is 5.31. The molecule has 1 heterocycles. The highest BCUT2D eigenvalue weighted by molar-refractivity contribution is 7.90. The number of rotatable bonds is 0. The van der Waals surface area contributed by atoms with Crippen LogP contribution < -0.4 is 4.72 Å². The lowest BCUT2D eigenvalue weighted by Gasteiger charge is -2.14. The average Bonchev–Trinajstić information content (AvgIpc) is 2.28. The first-order chi connectivity index (χ1) is 7.68. The molecule has 0 atom stereocenters. The van der Waals surface area contributed by atoms with Crippen LogP contribution in [0.2, 0.25) is 0 Å². The van der Waals surface area contributed by atoms with E-state index in [9.17, 15) is 8.42 Å². The van der Waals surface area contributed by atoms with Crippen molar-refractivity contribution in [1.29, 1.82) is 0 Å². The maximum atomic E-state index is 11.9. The Labute approximate surface area is 93.5 Å². The molecule has 1 aliphatic heterocycles. The van der Waals surface area contributed by atoms with Gasteiger partial charge in [0.15, 0.2) is 0 Å². The fourth-order valence-electron chi connectivity index (χ4n) is 1.96. The molecule has 2 aromatic carbocycles. The summed E-state index contributed by atoms with van der Waals surface area (Å²) in [6, 6.07) is 11.2. The molecule has 0 saturated carbocycles. The van der Waals surface area contributed by atoms with Crippen LogP contribution in [0.15, 0.2) is 47.5 Å². The molecule has 80 valence electrons. The van der Waals surface area contributed by atoms with E-state index in [-0.39, 0.29) is 0 Å². The fraction of sp³-hybridized carbons (Fsp3) is 0. The molecule has 3 nitrogen and oxygen atoms in total. The van der Waals surface area contributed by atoms with E-state index in [2.05, 4.69) is 4.72 Å². The van der Waals surface area contributed by atoms with Gasteiger partial charge in [-0.1, -0.05) is 36.4 Å². The van der Waals surface area contributed by atoms with Gasteiger partial charge >= 0.3 is 0 Å². The molecule has 1 aliphatic rings. The van der Waals surface area contributed by atoms with E-state index >= 15 is 0 Å². The van der Waals surface area contributed by atoms with Gasteiger partial charge in [-0.15, -0.1) is 0 Å². The zero-order valence-corrected chi connectivity index (χ0v) is 9.16. The van der Waals surface area contributed by atoms with Crippen molar-refractivity contribution >= 4 is 26.9 Å². The summed E-state index contributed by atoms with van der Waals surface area (Å²) in [7, 11) is -3.41. The molecule has 0 spiro atoms. The highest BCUT2D eigenvalue weighted by Gasteiger charge is 2.21. The monoisotopic (exact) mass is 231 g/mol. The second-order valence-electron chi connectivity index (χ2n) is 3.66. The summed E-state index contributed by atoms with van der Waals surface area (Å²) in [5.74, 6) is 0. The van der Waals surface area contributed by atoms with Crippen molar-refractivity contribution < 1.29 is 8.42 Å². The smallest absolute Gasteiger partial charge is 0.262 e. The van der Waals surface area contributed by atoms with Crippen molar-refractivity contribution in [3.05, 3.63) is 48.2 Å². The van der Waals surface area contributed by atoms with Crippen molar-refractivity contribution in [1.82, 2.24) is 4.72 Å². The number of fused-ring (bicyclic) bond motifs is 3. The lowest BCUT2D eigenvalue weighted by Crippen LogP contribution is -2.21. The number of hydrogen-bond acceptors (Lipinski definition) is 2. The Kier molecular flexibility index (Phi) is 1.82. The summed E-state index contributed by atoms with van der Waals surface area (Å²) < 4.78 is 26.2. The molecule has 0 aromatic heterocycles. The normalized spacial score (nSPS) is 16.8. The molecule has 3 rings (SSSR count). The molecule has 0 amide bonds. The number of nitrogens with one attached hydrogen (secondary N) is 1. The molecular weight excluding hydrogens is 222 g/mol. The summed E-state index contributed by atoms with van der Waals surface area (Å²) in [6.07, 6.45) is 3.22. The summed E-state index contributed by atoms with van der Waals surface area (Å²) in [6.45, 7) is 0. The molecule has 0 aliphatic carbocycles. The Morgan fingerprint density at radius 3 is 2.69 bits per heavy atom. The summed E-state index contributed by atoms with van der Waals surface area (Å²) >= 11 is 0. The topological polar surface area (TPSA) is 46.2 Å². The van der Waals surface area contributed by atoms with Crippen LogP contribution in [0, 0.1) is 0 Å². The van der Waals surface area contributed by atoms with Gasteiger partial charge in [0, 0.05) is 11.6 Å². The first-order valence-electron chi connectivity index (χ1n) is 4.89. The molecule has 16 heavy (non-hydrogen) atoms. The fourth-order valence-corrected chi connectivity index (χ4v) is 3.25. The molecule has 4 heteroatoms. The second kappa shape index (κ2) is 3.09. The largest absolute Gasteiger partial charge is 0.286 e. The van der Waals surface area contributed by atoms with Crippen LogP contribution in [-0.4, -0.2) is 8.42 Å². The highest BCUT2D eigenvalue weighted by Crippen LogP contribution is 2.29. The van der Waals surface area contributed by atoms with Crippen LogP contribution in [0.3, 0.4) is 0 Å². The first-order valence-corrected chi connectivity index (χ1v) is 6.37. The summed E-state index contributed by atoms with van der Waals surface area (Å²) in [4.78, 5) is 0.369. The predicted molar refractivity (Wildman–Crippen MR) is 63.3 cm³/mol. The molecule has 0 saturated heterocycles. The molecule has 2 aromatic rings. The first kappa shape index (κ1) is 9.42. The van der Waals surface area contributed by atoms with Gasteiger partial charge in [0.25, 0.3) is 10.0 Å². The van der Waals surface area contributed by atoms with Gasteiger partial charge in [0.2, 0.25) is 0 Å². The van der Waals surface area contributed by atoms with Crippen molar-refractivity contribution in [2.24, 2.45) is 0 Å². The standard InChI is InChI=1S/C12H9NO2S/c14-16(15)12-10(7-8-13-16)6-5-9-3-1-2-4-11(9)12/h1-8,13H. The van der Waals surface area contributed by atoms with Crippen LogP contribution in [-0.2, 0) is 10.0 Å². The molecule has 0 bridgehead atoms. The molecule has 0 unspecified atom stereocenters. The van der Waals surface area contributed by atoms with Crippen LogP contribution in [0.5, 0.6) is 0 Å². The van der Waals surface area contributed by atoms with Gasteiger partial charge in [-0.05, 0) is 17.0 Å². The Balaban J connectivity index is 2.55. The quantitative estimate of drug-likeness (QED) is 0.754. The van der Waals surface area contributed by atoms with E-state index in [0.29, 0.717) is 4.90 Å². The summed E-state index contributed by atoms with van der Waals surface area (Å²) in [5.41, 5.74) is 0.734. The zero-order valence-electron chi connectivity index (χ0n) is 8.34. The Morgan fingerprint density at radius 1 is 1.00 bits per heavy atom. The minimum atomic E-state index is -3.41. The Bertz CT molecular complexity index is 702. The van der Waals surface area contributed by atoms with Crippen molar-refractivity contribution in [3.8, 4) is 0 Å². The van der Waals surface area contributed by atoms with Gasteiger partial charge in [-0.3, -0.25) is 4.72 Å². The minimum Gasteiger partial charge on any atom is -0.286 e. The van der Waals surface area contributed by atoms with Crippen LogP contribution in [0.1, 0.15) is 5.56 Å². The van der Waals surface area contributed by atoms with E-state index in [4.69, 9.17) is 0 Å². The minimum absolute atomic E-state index is 0.369. The molecule has 0 fully saturated rings. The predicted octanol–water partition coefficient (Wildman–Crippen LogP) is 2.10. The lowest BCUT2D eigenvalue weighted by molar-refractivity contribution is 0.590. The maximum absolute atomic E-state index is 11.9. The Hall–Kier alpha value is -1.81. The Morgan fingerprint density at radius 2 is 1.81 bits per heavy atom. The van der Waals surface area contributed by atoms with Crippen molar-refractivity contribution in [3.63, 3.8) is 0 Å². The third-order valence-corrected chi connectivity index (χ3v) is 4.10. The molecule has 0 radical (unpaired) electrons. The number of hydrogen-bond donors (Lipinski definition) is 1. The van der Waals surface area contributed by atoms with E-state index in [1.807, 2.05) is 36.4 Å². The molecule has 1 N–H and O–H groups in total.